The van der Waals surface area contributed by atoms with Gasteiger partial charge in [0.15, 0.2) is 0 Å². The molecule has 1 saturated heterocycles. The molecule has 1 aliphatic rings. The maximum absolute atomic E-state index is 14.2. The lowest BCUT2D eigenvalue weighted by Gasteiger charge is -2.35. The number of allylic oxidation sites excluding steroid dienone is 1. The zero-order valence-electron chi connectivity index (χ0n) is 14.2. The molecule has 0 spiro atoms. The number of piperidine rings is 1. The summed E-state index contributed by atoms with van der Waals surface area (Å²) in [5, 5.41) is 0. The van der Waals surface area contributed by atoms with Crippen LogP contribution in [0.25, 0.3) is 0 Å². The van der Waals surface area contributed by atoms with Crippen LogP contribution in [0.15, 0.2) is 11.6 Å². The van der Waals surface area contributed by atoms with E-state index in [1.807, 2.05) is 0 Å². The number of alkyl halides is 2. The second-order valence-corrected chi connectivity index (χ2v) is 12.3. The lowest BCUT2D eigenvalue weighted by atomic mass is 10.00. The van der Waals surface area contributed by atoms with Crippen molar-refractivity contribution in [1.29, 1.82) is 0 Å². The van der Waals surface area contributed by atoms with Crippen molar-refractivity contribution in [3.05, 3.63) is 11.6 Å². The highest BCUT2D eigenvalue weighted by Crippen LogP contribution is 2.32. The lowest BCUT2D eigenvalue weighted by molar-refractivity contribution is -0.0345. The van der Waals surface area contributed by atoms with Crippen LogP contribution in [0.1, 0.15) is 27.2 Å². The minimum Gasteiger partial charge on any atom is -0.444 e. The summed E-state index contributed by atoms with van der Waals surface area (Å²) in [5.41, 5.74) is 2.35. The number of amides is 1. The Labute approximate surface area is 132 Å². The predicted molar refractivity (Wildman–Crippen MR) is 86.6 cm³/mol. The zero-order valence-corrected chi connectivity index (χ0v) is 15.2. The van der Waals surface area contributed by atoms with Crippen molar-refractivity contribution in [2.45, 2.75) is 58.4 Å². The van der Waals surface area contributed by atoms with Crippen molar-refractivity contribution in [3.63, 3.8) is 0 Å². The fraction of sp³-hybridized carbons (Fsp3) is 0.688. The average Bonchev–Trinajstić information content (AvgIpc) is 2.26. The first-order valence-electron chi connectivity index (χ1n) is 7.38. The summed E-state index contributed by atoms with van der Waals surface area (Å²) in [5.74, 6) is -0.284. The molecule has 0 atom stereocenters. The Morgan fingerprint density at radius 3 is 2.41 bits per heavy atom. The van der Waals surface area contributed by atoms with Gasteiger partial charge < -0.3 is 9.64 Å². The third-order valence-electron chi connectivity index (χ3n) is 2.86. The fourth-order valence-corrected chi connectivity index (χ4v) is 2.36. The van der Waals surface area contributed by atoms with Crippen LogP contribution >= 0.6 is 0 Å². The molecular formula is C16H25F2NO2Si. The first kappa shape index (κ1) is 18.7. The number of carbonyl (C=O) groups is 1. The van der Waals surface area contributed by atoms with Gasteiger partial charge in [-0.25, -0.2) is 4.79 Å². The number of rotatable bonds is 0. The number of nitrogens with zero attached hydrogens (tertiary/aromatic N) is 1. The highest BCUT2D eigenvalue weighted by Gasteiger charge is 2.42. The predicted octanol–water partition coefficient (Wildman–Crippen LogP) is 4.07. The standard InChI is InChI=1S/C16H25F2NO2Si/c1-15(2,3)21-14(20)19-10-9-13(16(17,18)12-19)8-7-11-22(4,5)6/h8H,9-10,12H2,1-6H3/b13-8+. The molecule has 0 aromatic carbocycles. The SMILES string of the molecule is CC(C)(C)OC(=O)N1CC/C(=C\C#C[Si](C)(C)C)C(F)(F)C1. The Morgan fingerprint density at radius 2 is 1.95 bits per heavy atom. The molecule has 1 aliphatic heterocycles. The van der Waals surface area contributed by atoms with E-state index in [1.54, 1.807) is 20.8 Å². The summed E-state index contributed by atoms with van der Waals surface area (Å²) < 4.78 is 33.5. The second-order valence-electron chi connectivity index (χ2n) is 7.55. The van der Waals surface area contributed by atoms with E-state index in [2.05, 4.69) is 31.1 Å². The molecule has 3 nitrogen and oxygen atoms in total. The van der Waals surface area contributed by atoms with Crippen LogP contribution in [0.2, 0.25) is 19.6 Å². The zero-order chi connectivity index (χ0) is 17.2. The minimum atomic E-state index is -3.05. The maximum atomic E-state index is 14.2. The summed E-state index contributed by atoms with van der Waals surface area (Å²) in [4.78, 5) is 12.9. The average molecular weight is 329 g/mol. The molecule has 0 N–H and O–H groups in total. The number of carbonyl (C=O) groups excluding carboxylic acids is 1. The molecule has 0 aromatic heterocycles. The fourth-order valence-electron chi connectivity index (χ4n) is 1.86. The van der Waals surface area contributed by atoms with Crippen LogP contribution in [0.3, 0.4) is 0 Å². The Balaban J connectivity index is 2.79. The van der Waals surface area contributed by atoms with E-state index < -0.39 is 32.2 Å². The van der Waals surface area contributed by atoms with Gasteiger partial charge in [-0.3, -0.25) is 0 Å². The highest BCUT2D eigenvalue weighted by atomic mass is 28.3. The second kappa shape index (κ2) is 6.41. The van der Waals surface area contributed by atoms with Gasteiger partial charge in [-0.1, -0.05) is 25.6 Å². The molecule has 1 heterocycles. The lowest BCUT2D eigenvalue weighted by Crippen LogP contribution is -2.48. The van der Waals surface area contributed by atoms with Crippen LogP contribution in [0, 0.1) is 11.5 Å². The van der Waals surface area contributed by atoms with Crippen molar-refractivity contribution in [3.8, 4) is 11.5 Å². The van der Waals surface area contributed by atoms with Crippen molar-refractivity contribution in [2.75, 3.05) is 13.1 Å². The van der Waals surface area contributed by atoms with E-state index in [0.29, 0.717) is 0 Å². The van der Waals surface area contributed by atoms with E-state index in [0.717, 1.165) is 4.90 Å². The van der Waals surface area contributed by atoms with Crippen LogP contribution in [-0.4, -0.2) is 43.7 Å². The van der Waals surface area contributed by atoms with Gasteiger partial charge in [0.25, 0.3) is 5.92 Å². The van der Waals surface area contributed by atoms with Gasteiger partial charge in [0, 0.05) is 12.1 Å². The van der Waals surface area contributed by atoms with Crippen molar-refractivity contribution in [2.24, 2.45) is 0 Å². The van der Waals surface area contributed by atoms with Crippen molar-refractivity contribution >= 4 is 14.2 Å². The molecule has 0 aromatic rings. The number of hydrogen-bond donors (Lipinski definition) is 0. The van der Waals surface area contributed by atoms with Gasteiger partial charge in [0.05, 0.1) is 6.54 Å². The Kier molecular flexibility index (Phi) is 5.45. The van der Waals surface area contributed by atoms with Crippen LogP contribution < -0.4 is 0 Å². The molecule has 0 radical (unpaired) electrons. The number of ether oxygens (including phenoxy) is 1. The van der Waals surface area contributed by atoms with Crippen LogP contribution in [0.4, 0.5) is 13.6 Å². The van der Waals surface area contributed by atoms with Gasteiger partial charge in [0.2, 0.25) is 0 Å². The molecule has 0 saturated carbocycles. The topological polar surface area (TPSA) is 29.5 Å². The Hall–Kier alpha value is -1.35. The Morgan fingerprint density at radius 1 is 1.36 bits per heavy atom. The van der Waals surface area contributed by atoms with E-state index in [1.165, 1.54) is 6.08 Å². The quantitative estimate of drug-likeness (QED) is 0.495. The molecular weight excluding hydrogens is 304 g/mol. The monoisotopic (exact) mass is 329 g/mol. The summed E-state index contributed by atoms with van der Waals surface area (Å²) in [7, 11) is -1.58. The third-order valence-corrected chi connectivity index (χ3v) is 3.75. The summed E-state index contributed by atoms with van der Waals surface area (Å²) in [6.45, 7) is 10.9. The van der Waals surface area contributed by atoms with Crippen LogP contribution in [0.5, 0.6) is 0 Å². The molecule has 6 heteroatoms. The molecule has 22 heavy (non-hydrogen) atoms. The number of hydrogen-bond acceptors (Lipinski definition) is 2. The molecule has 124 valence electrons. The number of likely N-dealkylation sites (tertiary alicyclic amines) is 1. The van der Waals surface area contributed by atoms with Gasteiger partial charge >= 0.3 is 6.09 Å². The molecule has 0 aliphatic carbocycles. The Bertz CT molecular complexity index is 519. The molecule has 0 unspecified atom stereocenters. The van der Waals surface area contributed by atoms with Gasteiger partial charge in [-0.2, -0.15) is 8.78 Å². The largest absolute Gasteiger partial charge is 0.444 e. The number of halogens is 2. The third kappa shape index (κ3) is 6.18. The smallest absolute Gasteiger partial charge is 0.410 e. The summed E-state index contributed by atoms with van der Waals surface area (Å²) in [6, 6.07) is 0. The van der Waals surface area contributed by atoms with Crippen molar-refractivity contribution < 1.29 is 18.3 Å². The van der Waals surface area contributed by atoms with Crippen LogP contribution in [-0.2, 0) is 4.74 Å². The summed E-state index contributed by atoms with van der Waals surface area (Å²) in [6.07, 6.45) is 0.747. The van der Waals surface area contributed by atoms with Crippen molar-refractivity contribution in [1.82, 2.24) is 4.90 Å². The normalized spacial score (nSPS) is 20.4. The summed E-state index contributed by atoms with van der Waals surface area (Å²) >= 11 is 0. The van der Waals surface area contributed by atoms with E-state index in [4.69, 9.17) is 4.74 Å². The van der Waals surface area contributed by atoms with E-state index in [9.17, 15) is 13.6 Å². The molecule has 1 amide bonds. The minimum absolute atomic E-state index is 0.00180. The van der Waals surface area contributed by atoms with Gasteiger partial charge in [0.1, 0.15) is 13.7 Å². The molecule has 1 rings (SSSR count). The molecule has 1 fully saturated rings. The maximum Gasteiger partial charge on any atom is 0.410 e. The highest BCUT2D eigenvalue weighted by molar-refractivity contribution is 6.83. The van der Waals surface area contributed by atoms with E-state index in [-0.39, 0.29) is 18.5 Å². The van der Waals surface area contributed by atoms with Gasteiger partial charge in [-0.15, -0.1) is 5.54 Å². The first-order valence-corrected chi connectivity index (χ1v) is 10.9. The van der Waals surface area contributed by atoms with Gasteiger partial charge in [-0.05, 0) is 33.3 Å². The first-order chi connectivity index (χ1) is 9.80. The molecule has 0 bridgehead atoms. The van der Waals surface area contributed by atoms with E-state index >= 15 is 0 Å².